The number of carbonyl (C=O) groups excluding carboxylic acids is 1. The van der Waals surface area contributed by atoms with Crippen LogP contribution in [0.25, 0.3) is 16.7 Å². The molecule has 1 aliphatic rings. The van der Waals surface area contributed by atoms with Gasteiger partial charge in [-0.2, -0.15) is 0 Å². The van der Waals surface area contributed by atoms with E-state index in [2.05, 4.69) is 0 Å². The average Bonchev–Trinajstić information content (AvgIpc) is 2.58. The van der Waals surface area contributed by atoms with Crippen molar-refractivity contribution in [3.63, 3.8) is 0 Å². The Morgan fingerprint density at radius 2 is 1.81 bits per heavy atom. The van der Waals surface area contributed by atoms with Crippen molar-refractivity contribution in [1.82, 2.24) is 0 Å². The Kier molecular flexibility index (Phi) is 5.38. The summed E-state index contributed by atoms with van der Waals surface area (Å²) >= 11 is 11.9. The van der Waals surface area contributed by atoms with E-state index in [1.165, 1.54) is 6.07 Å². The third-order valence-electron chi connectivity index (χ3n) is 4.96. The van der Waals surface area contributed by atoms with Crippen LogP contribution in [-0.4, -0.2) is 10.9 Å². The number of rotatable bonds is 3. The van der Waals surface area contributed by atoms with E-state index >= 15 is 0 Å². The summed E-state index contributed by atoms with van der Waals surface area (Å²) in [6.45, 7) is 5.92. The number of allylic oxidation sites excluding steroid dienone is 2. The number of ketones is 1. The van der Waals surface area contributed by atoms with Gasteiger partial charge in [0.2, 0.25) is 0 Å². The third-order valence-corrected chi connectivity index (χ3v) is 5.62. The Hall–Kier alpha value is -1.84. The van der Waals surface area contributed by atoms with Crippen LogP contribution in [0.2, 0.25) is 10.0 Å². The van der Waals surface area contributed by atoms with Crippen LogP contribution in [0.4, 0.5) is 4.39 Å². The van der Waals surface area contributed by atoms with Crippen LogP contribution in [0, 0.1) is 11.2 Å². The van der Waals surface area contributed by atoms with E-state index < -0.39 is 5.82 Å². The van der Waals surface area contributed by atoms with Crippen LogP contribution in [0.15, 0.2) is 36.1 Å². The standard InChI is InChI=1S/C22H21Cl2FO2/c1-4-12-5-6-13(14-7-8-16(23)21(25)20(14)24)9-15(12)19-17(26)10-22(2,3)11-18(19)27/h5-9,26H,4,10-11H2,1-3H3. The highest BCUT2D eigenvalue weighted by atomic mass is 35.5. The zero-order chi connectivity index (χ0) is 19.9. The van der Waals surface area contributed by atoms with E-state index in [1.807, 2.05) is 32.9 Å². The van der Waals surface area contributed by atoms with Crippen LogP contribution in [0.5, 0.6) is 0 Å². The lowest BCUT2D eigenvalue weighted by atomic mass is 9.74. The Labute approximate surface area is 168 Å². The quantitative estimate of drug-likeness (QED) is 0.555. The third kappa shape index (κ3) is 3.76. The number of hydrogen-bond donors (Lipinski definition) is 1. The Morgan fingerprint density at radius 1 is 1.11 bits per heavy atom. The highest BCUT2D eigenvalue weighted by Gasteiger charge is 2.34. The van der Waals surface area contributed by atoms with Gasteiger partial charge in [-0.15, -0.1) is 0 Å². The zero-order valence-corrected chi connectivity index (χ0v) is 17.0. The monoisotopic (exact) mass is 406 g/mol. The minimum Gasteiger partial charge on any atom is -0.512 e. The van der Waals surface area contributed by atoms with Gasteiger partial charge >= 0.3 is 0 Å². The van der Waals surface area contributed by atoms with Gasteiger partial charge in [0.1, 0.15) is 5.76 Å². The first-order valence-corrected chi connectivity index (χ1v) is 9.62. The number of aliphatic hydroxyl groups excluding tert-OH is 1. The predicted octanol–water partition coefficient (Wildman–Crippen LogP) is 7.02. The van der Waals surface area contributed by atoms with Gasteiger partial charge in [-0.1, -0.05) is 62.2 Å². The largest absolute Gasteiger partial charge is 0.512 e. The maximum absolute atomic E-state index is 14.1. The fourth-order valence-corrected chi connectivity index (χ4v) is 4.11. The second-order valence-corrected chi connectivity index (χ2v) is 8.50. The lowest BCUT2D eigenvalue weighted by Crippen LogP contribution is -2.25. The molecule has 1 aliphatic carbocycles. The Bertz CT molecular complexity index is 961. The molecular formula is C22H21Cl2FO2. The van der Waals surface area contributed by atoms with Crippen LogP contribution >= 0.6 is 23.2 Å². The molecule has 0 amide bonds. The summed E-state index contributed by atoms with van der Waals surface area (Å²) in [5.41, 5.74) is 2.88. The summed E-state index contributed by atoms with van der Waals surface area (Å²) in [7, 11) is 0. The molecule has 0 bridgehead atoms. The van der Waals surface area contributed by atoms with Crippen molar-refractivity contribution in [2.24, 2.45) is 5.41 Å². The molecular weight excluding hydrogens is 386 g/mol. The molecule has 5 heteroatoms. The fourth-order valence-electron chi connectivity index (χ4n) is 3.63. The molecule has 0 aliphatic heterocycles. The first-order chi connectivity index (χ1) is 12.6. The minimum atomic E-state index is -0.672. The van der Waals surface area contributed by atoms with Gasteiger partial charge in [-0.3, -0.25) is 4.79 Å². The zero-order valence-electron chi connectivity index (χ0n) is 15.5. The van der Waals surface area contributed by atoms with Crippen molar-refractivity contribution < 1.29 is 14.3 Å². The van der Waals surface area contributed by atoms with E-state index in [-0.39, 0.29) is 27.0 Å². The minimum absolute atomic E-state index is 0.0424. The van der Waals surface area contributed by atoms with Gasteiger partial charge in [-0.05, 0) is 40.7 Å². The lowest BCUT2D eigenvalue weighted by molar-refractivity contribution is -0.116. The SMILES string of the molecule is CCc1ccc(-c2ccc(Cl)c(F)c2Cl)cc1C1=C(O)CC(C)(C)CC1=O. The van der Waals surface area contributed by atoms with E-state index in [9.17, 15) is 14.3 Å². The molecule has 0 atom stereocenters. The Balaban J connectivity index is 2.19. The highest BCUT2D eigenvalue weighted by Crippen LogP contribution is 2.42. The predicted molar refractivity (Wildman–Crippen MR) is 109 cm³/mol. The molecule has 0 saturated carbocycles. The van der Waals surface area contributed by atoms with Crippen molar-refractivity contribution in [3.8, 4) is 11.1 Å². The first kappa shape index (κ1) is 19.9. The summed E-state index contributed by atoms with van der Waals surface area (Å²) in [5.74, 6) is -0.644. The van der Waals surface area contributed by atoms with Crippen LogP contribution < -0.4 is 0 Å². The lowest BCUT2D eigenvalue weighted by Gasteiger charge is -2.30. The van der Waals surface area contributed by atoms with E-state index in [1.54, 1.807) is 12.1 Å². The van der Waals surface area contributed by atoms with Crippen LogP contribution in [0.1, 0.15) is 44.7 Å². The van der Waals surface area contributed by atoms with Crippen molar-refractivity contribution in [1.29, 1.82) is 0 Å². The second kappa shape index (κ2) is 7.29. The number of hydrogen-bond acceptors (Lipinski definition) is 2. The molecule has 0 radical (unpaired) electrons. The maximum Gasteiger partial charge on any atom is 0.167 e. The van der Waals surface area contributed by atoms with Gasteiger partial charge < -0.3 is 5.11 Å². The topological polar surface area (TPSA) is 37.3 Å². The smallest absolute Gasteiger partial charge is 0.167 e. The normalized spacial score (nSPS) is 16.7. The van der Waals surface area contributed by atoms with Crippen LogP contribution in [-0.2, 0) is 11.2 Å². The van der Waals surface area contributed by atoms with Crippen molar-refractivity contribution >= 4 is 34.6 Å². The molecule has 0 unspecified atom stereocenters. The van der Waals surface area contributed by atoms with Gasteiger partial charge in [0.05, 0.1) is 15.6 Å². The summed E-state index contributed by atoms with van der Waals surface area (Å²) < 4.78 is 14.1. The molecule has 0 fully saturated rings. The molecule has 1 N–H and O–H groups in total. The molecule has 0 saturated heterocycles. The molecule has 142 valence electrons. The number of aryl methyl sites for hydroxylation is 1. The number of benzene rings is 2. The summed E-state index contributed by atoms with van der Waals surface area (Å²) in [6.07, 6.45) is 1.51. The second-order valence-electron chi connectivity index (χ2n) is 7.71. The van der Waals surface area contributed by atoms with Crippen molar-refractivity contribution in [2.45, 2.75) is 40.0 Å². The van der Waals surface area contributed by atoms with E-state index in [0.717, 1.165) is 5.56 Å². The van der Waals surface area contributed by atoms with Crippen LogP contribution in [0.3, 0.4) is 0 Å². The molecule has 2 aromatic carbocycles. The Morgan fingerprint density at radius 3 is 2.44 bits per heavy atom. The summed E-state index contributed by atoms with van der Waals surface area (Å²) in [5, 5.41) is 10.5. The van der Waals surface area contributed by atoms with Gasteiger partial charge in [0.15, 0.2) is 11.6 Å². The first-order valence-electron chi connectivity index (χ1n) is 8.87. The number of aliphatic hydroxyl groups is 1. The van der Waals surface area contributed by atoms with Crippen molar-refractivity contribution in [3.05, 3.63) is 63.1 Å². The number of carbonyl (C=O) groups is 1. The molecule has 0 spiro atoms. The fraction of sp³-hybridized carbons (Fsp3) is 0.318. The number of Topliss-reactive ketones (excluding diaryl/α,β-unsaturated/α-hetero) is 1. The molecule has 3 rings (SSSR count). The number of halogens is 3. The van der Waals surface area contributed by atoms with Gasteiger partial charge in [0, 0.05) is 18.4 Å². The highest BCUT2D eigenvalue weighted by molar-refractivity contribution is 6.36. The van der Waals surface area contributed by atoms with Gasteiger partial charge in [0.25, 0.3) is 0 Å². The van der Waals surface area contributed by atoms with Crippen molar-refractivity contribution in [2.75, 3.05) is 0 Å². The molecule has 2 aromatic rings. The van der Waals surface area contributed by atoms with E-state index in [0.29, 0.717) is 41.5 Å². The van der Waals surface area contributed by atoms with E-state index in [4.69, 9.17) is 23.2 Å². The summed E-state index contributed by atoms with van der Waals surface area (Å²) in [4.78, 5) is 12.8. The maximum atomic E-state index is 14.1. The molecule has 0 aromatic heterocycles. The molecule has 2 nitrogen and oxygen atoms in total. The molecule has 0 heterocycles. The molecule has 27 heavy (non-hydrogen) atoms. The average molecular weight is 407 g/mol. The van der Waals surface area contributed by atoms with Gasteiger partial charge in [-0.25, -0.2) is 4.39 Å². The summed E-state index contributed by atoms with van der Waals surface area (Å²) in [6, 6.07) is 8.64.